The van der Waals surface area contributed by atoms with Crippen LogP contribution < -0.4 is 5.32 Å². The van der Waals surface area contributed by atoms with E-state index in [1.165, 1.54) is 36.8 Å². The van der Waals surface area contributed by atoms with E-state index in [2.05, 4.69) is 34.5 Å². The minimum Gasteiger partial charge on any atom is -0.379 e. The van der Waals surface area contributed by atoms with Gasteiger partial charge in [-0.1, -0.05) is 37.1 Å². The molecule has 1 amide bonds. The molecule has 1 aliphatic heterocycles. The molecule has 0 spiro atoms. The molecule has 23 heavy (non-hydrogen) atoms. The number of morpholine rings is 1. The van der Waals surface area contributed by atoms with Crippen LogP contribution in [-0.4, -0.2) is 37.1 Å². The summed E-state index contributed by atoms with van der Waals surface area (Å²) in [7, 11) is 0. The van der Waals surface area contributed by atoms with Gasteiger partial charge >= 0.3 is 0 Å². The van der Waals surface area contributed by atoms with E-state index in [4.69, 9.17) is 4.74 Å². The minimum atomic E-state index is 0.203. The van der Waals surface area contributed by atoms with Crippen LogP contribution in [0.15, 0.2) is 24.3 Å². The Morgan fingerprint density at radius 2 is 1.74 bits per heavy atom. The first-order valence-corrected chi connectivity index (χ1v) is 8.94. The molecule has 3 rings (SSSR count). The number of benzene rings is 1. The maximum absolute atomic E-state index is 12.0. The number of nitrogens with one attached hydrogen (secondary N) is 1. The zero-order chi connectivity index (χ0) is 15.9. The Kier molecular flexibility index (Phi) is 6.06. The first-order chi connectivity index (χ1) is 11.3. The van der Waals surface area contributed by atoms with Gasteiger partial charge in [0, 0.05) is 32.6 Å². The number of rotatable bonds is 6. The van der Waals surface area contributed by atoms with Gasteiger partial charge in [0.05, 0.1) is 13.2 Å². The Morgan fingerprint density at radius 1 is 1.09 bits per heavy atom. The molecular formula is C19H28N2O2. The van der Waals surface area contributed by atoms with Crippen LogP contribution in [0.25, 0.3) is 0 Å². The van der Waals surface area contributed by atoms with Crippen LogP contribution in [-0.2, 0) is 22.6 Å². The summed E-state index contributed by atoms with van der Waals surface area (Å²) in [5, 5.41) is 3.06. The summed E-state index contributed by atoms with van der Waals surface area (Å²) in [4.78, 5) is 14.4. The summed E-state index contributed by atoms with van der Waals surface area (Å²) >= 11 is 0. The molecule has 2 aliphatic rings. The lowest BCUT2D eigenvalue weighted by Crippen LogP contribution is -2.35. The van der Waals surface area contributed by atoms with Gasteiger partial charge in [0.15, 0.2) is 0 Å². The summed E-state index contributed by atoms with van der Waals surface area (Å²) in [5.41, 5.74) is 2.50. The predicted molar refractivity (Wildman–Crippen MR) is 91.0 cm³/mol. The van der Waals surface area contributed by atoms with Gasteiger partial charge in [0.1, 0.15) is 0 Å². The van der Waals surface area contributed by atoms with Crippen molar-refractivity contribution in [2.24, 2.45) is 5.92 Å². The lowest BCUT2D eigenvalue weighted by atomic mass is 10.0. The van der Waals surface area contributed by atoms with E-state index in [0.29, 0.717) is 18.9 Å². The Labute approximate surface area is 139 Å². The molecule has 1 aromatic rings. The summed E-state index contributed by atoms with van der Waals surface area (Å²) < 4.78 is 5.38. The first kappa shape index (κ1) is 16.5. The van der Waals surface area contributed by atoms with E-state index >= 15 is 0 Å². The lowest BCUT2D eigenvalue weighted by molar-refractivity contribution is -0.122. The third kappa shape index (κ3) is 5.33. The smallest absolute Gasteiger partial charge is 0.220 e. The second-order valence-electron chi connectivity index (χ2n) is 6.84. The van der Waals surface area contributed by atoms with Crippen molar-refractivity contribution in [3.8, 4) is 0 Å². The predicted octanol–water partition coefficient (Wildman–Crippen LogP) is 2.72. The second-order valence-corrected chi connectivity index (χ2v) is 6.84. The summed E-state index contributed by atoms with van der Waals surface area (Å²) in [6.07, 6.45) is 5.74. The Morgan fingerprint density at radius 3 is 2.43 bits per heavy atom. The van der Waals surface area contributed by atoms with Gasteiger partial charge in [-0.2, -0.15) is 0 Å². The van der Waals surface area contributed by atoms with Crippen LogP contribution in [0.4, 0.5) is 0 Å². The molecular weight excluding hydrogens is 288 g/mol. The molecule has 1 saturated heterocycles. The maximum Gasteiger partial charge on any atom is 0.220 e. The standard InChI is InChI=1S/C19H28N2O2/c22-19(13-16-3-1-2-4-16)20-14-17-5-7-18(8-6-17)15-21-9-11-23-12-10-21/h5-8,16H,1-4,9-15H2,(H,20,22). The molecule has 4 heteroatoms. The lowest BCUT2D eigenvalue weighted by Gasteiger charge is -2.26. The SMILES string of the molecule is O=C(CC1CCCC1)NCc1ccc(CN2CCOCC2)cc1. The average Bonchev–Trinajstić information content (AvgIpc) is 3.08. The van der Waals surface area contributed by atoms with Crippen molar-refractivity contribution in [3.63, 3.8) is 0 Å². The molecule has 1 aromatic carbocycles. The van der Waals surface area contributed by atoms with E-state index < -0.39 is 0 Å². The minimum absolute atomic E-state index is 0.203. The molecule has 0 radical (unpaired) electrons. The van der Waals surface area contributed by atoms with Gasteiger partial charge in [-0.25, -0.2) is 0 Å². The van der Waals surface area contributed by atoms with Crippen LogP contribution in [0.1, 0.15) is 43.2 Å². The zero-order valence-corrected chi connectivity index (χ0v) is 13.9. The number of ether oxygens (including phenoxy) is 1. The average molecular weight is 316 g/mol. The third-order valence-electron chi connectivity index (χ3n) is 4.97. The maximum atomic E-state index is 12.0. The van der Waals surface area contributed by atoms with Crippen molar-refractivity contribution in [2.45, 2.75) is 45.2 Å². The normalized spacial score (nSPS) is 19.8. The molecule has 0 bridgehead atoms. The van der Waals surface area contributed by atoms with E-state index in [1.54, 1.807) is 0 Å². The van der Waals surface area contributed by atoms with Crippen LogP contribution in [0.2, 0.25) is 0 Å². The zero-order valence-electron chi connectivity index (χ0n) is 13.9. The molecule has 1 N–H and O–H groups in total. The monoisotopic (exact) mass is 316 g/mol. The molecule has 4 nitrogen and oxygen atoms in total. The van der Waals surface area contributed by atoms with Gasteiger partial charge in [-0.15, -0.1) is 0 Å². The number of amides is 1. The Balaban J connectivity index is 1.40. The van der Waals surface area contributed by atoms with Crippen molar-refractivity contribution in [2.75, 3.05) is 26.3 Å². The highest BCUT2D eigenvalue weighted by Crippen LogP contribution is 2.27. The molecule has 1 saturated carbocycles. The fourth-order valence-corrected chi connectivity index (χ4v) is 3.53. The van der Waals surface area contributed by atoms with Gasteiger partial charge in [-0.05, 0) is 29.9 Å². The van der Waals surface area contributed by atoms with Gasteiger partial charge < -0.3 is 10.1 Å². The molecule has 0 unspecified atom stereocenters. The molecule has 0 atom stereocenters. The molecule has 2 fully saturated rings. The fraction of sp³-hybridized carbons (Fsp3) is 0.632. The Bertz CT molecular complexity index is 489. The van der Waals surface area contributed by atoms with Crippen LogP contribution >= 0.6 is 0 Å². The summed E-state index contributed by atoms with van der Waals surface area (Å²) in [6, 6.07) is 8.61. The quantitative estimate of drug-likeness (QED) is 0.877. The number of nitrogens with zero attached hydrogens (tertiary/aromatic N) is 1. The first-order valence-electron chi connectivity index (χ1n) is 8.94. The van der Waals surface area contributed by atoms with E-state index in [0.717, 1.165) is 32.8 Å². The van der Waals surface area contributed by atoms with Crippen LogP contribution in [0.5, 0.6) is 0 Å². The fourth-order valence-electron chi connectivity index (χ4n) is 3.53. The van der Waals surface area contributed by atoms with Crippen molar-refractivity contribution < 1.29 is 9.53 Å². The highest BCUT2D eigenvalue weighted by molar-refractivity contribution is 5.76. The van der Waals surface area contributed by atoms with Gasteiger partial charge in [-0.3, -0.25) is 9.69 Å². The number of carbonyl (C=O) groups excluding carboxylic acids is 1. The number of hydrogen-bond acceptors (Lipinski definition) is 3. The van der Waals surface area contributed by atoms with Gasteiger partial charge in [0.25, 0.3) is 0 Å². The topological polar surface area (TPSA) is 41.6 Å². The number of hydrogen-bond donors (Lipinski definition) is 1. The van der Waals surface area contributed by atoms with Crippen molar-refractivity contribution >= 4 is 5.91 Å². The van der Waals surface area contributed by atoms with Crippen LogP contribution in [0.3, 0.4) is 0 Å². The third-order valence-corrected chi connectivity index (χ3v) is 4.97. The van der Waals surface area contributed by atoms with E-state index in [1.807, 2.05) is 0 Å². The van der Waals surface area contributed by atoms with Crippen molar-refractivity contribution in [1.29, 1.82) is 0 Å². The largest absolute Gasteiger partial charge is 0.379 e. The highest BCUT2D eigenvalue weighted by atomic mass is 16.5. The molecule has 126 valence electrons. The summed E-state index contributed by atoms with van der Waals surface area (Å²) in [5.74, 6) is 0.820. The van der Waals surface area contributed by atoms with E-state index in [9.17, 15) is 4.79 Å². The Hall–Kier alpha value is -1.39. The highest BCUT2D eigenvalue weighted by Gasteiger charge is 2.18. The molecule has 1 heterocycles. The van der Waals surface area contributed by atoms with Crippen molar-refractivity contribution in [1.82, 2.24) is 10.2 Å². The van der Waals surface area contributed by atoms with Gasteiger partial charge in [0.2, 0.25) is 5.91 Å². The van der Waals surface area contributed by atoms with Crippen LogP contribution in [0, 0.1) is 5.92 Å². The van der Waals surface area contributed by atoms with E-state index in [-0.39, 0.29) is 5.91 Å². The number of carbonyl (C=O) groups is 1. The molecule has 0 aromatic heterocycles. The van der Waals surface area contributed by atoms with Crippen molar-refractivity contribution in [3.05, 3.63) is 35.4 Å². The summed E-state index contributed by atoms with van der Waals surface area (Å²) in [6.45, 7) is 5.33. The second kappa shape index (κ2) is 8.46. The molecule has 1 aliphatic carbocycles.